The first-order valence-electron chi connectivity index (χ1n) is 40.0. The number of hydrogen-bond acceptors (Lipinski definition) is 32. The van der Waals surface area contributed by atoms with Crippen molar-refractivity contribution in [1.82, 2.24) is 96.5 Å². The molecule has 12 atom stereocenters. The molecular weight excluding hydrogens is 1690 g/mol. The Bertz CT molecular complexity index is 5120. The number of aliphatic hydroxyl groups is 8. The predicted octanol–water partition coefficient (Wildman–Crippen LogP) is -0.888. The van der Waals surface area contributed by atoms with Gasteiger partial charge in [-0.25, -0.2) is 55.5 Å². The average Bonchev–Trinajstić information content (AvgIpc) is 1.61. The number of aliphatic hydroxyl groups excluding tert-OH is 8. The van der Waals surface area contributed by atoms with E-state index in [1.54, 1.807) is 52.5 Å². The fourth-order valence-corrected chi connectivity index (χ4v) is 19.0. The van der Waals surface area contributed by atoms with Crippen molar-refractivity contribution >= 4 is 47.0 Å². The molecule has 0 bridgehead atoms. The van der Waals surface area contributed by atoms with Crippen molar-refractivity contribution in [3.63, 3.8) is 0 Å². The molecule has 676 valence electrons. The van der Waals surface area contributed by atoms with E-state index >= 15 is 0 Å². The van der Waals surface area contributed by atoms with Crippen molar-refractivity contribution in [2.24, 2.45) is 0 Å². The number of alkyl halides is 4. The van der Waals surface area contributed by atoms with Gasteiger partial charge in [0.25, 0.3) is 22.2 Å². The molecular formula is C74H108F4N20O20S4. The quantitative estimate of drug-likeness (QED) is 0.0170. The number of hydrogen-bond donors (Lipinski definition) is 8. The molecule has 122 heavy (non-hydrogen) atoms. The van der Waals surface area contributed by atoms with Crippen LogP contribution in [-0.4, -0.2) is 282 Å². The first kappa shape index (κ1) is 97.7. The van der Waals surface area contributed by atoms with Crippen LogP contribution in [0.15, 0.2) is 87.9 Å². The maximum absolute atomic E-state index is 12.9. The van der Waals surface area contributed by atoms with Crippen molar-refractivity contribution in [2.75, 3.05) is 99.4 Å². The minimum Gasteiger partial charge on any atom is -0.395 e. The van der Waals surface area contributed by atoms with Gasteiger partial charge in [-0.1, -0.05) is 20.9 Å². The monoisotopic (exact) mass is 1800 g/mol. The summed E-state index contributed by atoms with van der Waals surface area (Å²) in [6.45, 7) is 6.98. The Morgan fingerprint density at radius 2 is 0.598 bits per heavy atom. The zero-order chi connectivity index (χ0) is 88.1. The Morgan fingerprint density at radius 1 is 0.336 bits per heavy atom. The number of rotatable bonds is 42. The molecule has 12 heterocycles. The highest BCUT2D eigenvalue weighted by atomic mass is 32.2. The summed E-state index contributed by atoms with van der Waals surface area (Å²) in [5.74, 6) is 0. The minimum absolute atomic E-state index is 0.0569. The smallest absolute Gasteiger partial charge is 0.332 e. The van der Waals surface area contributed by atoms with Crippen LogP contribution in [0, 0.1) is 27.7 Å². The Hall–Kier alpha value is -8.08. The number of thioether (sulfide) groups is 4. The fraction of sp³-hybridized carbons (Fsp3) is 0.676. The van der Waals surface area contributed by atoms with Crippen molar-refractivity contribution in [2.45, 2.75) is 218 Å². The van der Waals surface area contributed by atoms with E-state index in [1.165, 1.54) is 109 Å². The Balaban J connectivity index is 0.000000185. The summed E-state index contributed by atoms with van der Waals surface area (Å²) in [5.41, 5.74) is 1.12. The average molecular weight is 1800 g/mol. The molecule has 0 radical (unpaired) electrons. The Labute approximate surface area is 712 Å². The third-order valence-electron chi connectivity index (χ3n) is 20.1. The van der Waals surface area contributed by atoms with Gasteiger partial charge in [0.15, 0.2) is 0 Å². The Morgan fingerprint density at radius 3 is 0.893 bits per heavy atom. The summed E-state index contributed by atoms with van der Waals surface area (Å²) in [5, 5.41) is 106. The van der Waals surface area contributed by atoms with Gasteiger partial charge in [-0.05, 0) is 59.8 Å². The normalized spacial score (nSPS) is 21.2. The van der Waals surface area contributed by atoms with E-state index in [1.807, 2.05) is 0 Å². The number of aryl methyl sites for hydroxylation is 10. The summed E-state index contributed by atoms with van der Waals surface area (Å²) < 4.78 is 87.4. The van der Waals surface area contributed by atoms with Gasteiger partial charge in [0.05, 0.1) is 209 Å². The van der Waals surface area contributed by atoms with E-state index in [0.29, 0.717) is 98.4 Å². The first-order valence-corrected chi connectivity index (χ1v) is 43.7. The molecule has 4 saturated heterocycles. The summed E-state index contributed by atoms with van der Waals surface area (Å²) in [7, 11) is 0. The lowest BCUT2D eigenvalue weighted by Gasteiger charge is -2.16. The van der Waals surface area contributed by atoms with E-state index in [4.69, 9.17) is 18.9 Å². The number of ether oxygens (including phenoxy) is 4. The standard InChI is InChI=1S/C20H30FN5O5S.C19H28FN5O5S.C18H26FN5O5S.C17H24FN5O5S/c1-14-11-26(18-10-16(28)17(13-27)32-18)20(30)25(19(14)29)7-9-31-8-3-2-4-15-12-24(6-5-21)23-22-15;1-13-10-25(17-9-15(27)16(12-26)31-17)19(29)24(18(13)28)6-8-30-7-2-3-14-11-23(5-4-20)22-21-14;1-12-9-24(16-8-14(26)15(11-25)30-16)18(28)23(17(12)27)5-7-29-6-2-13-10-22(4-3-19)21-20-13;1-11-7-23(15-6-13(25)14(9-24)29-15)17(27)22(16(11)26)4-5-28-10-12-8-21(3-2-18)20-19-12/h11-12,16-18,27-28H,2-10,13H2,1H3;10-11,15-17,26-27H,2-9,12H2,1H3;9-10,14-16,25-26H,2-8,11H2,1H3;7-8,13-15,24-25H,2-6,9-10H2,1H3/t16?,17-,18?;15?,16-,17?;14?,15-,16?;13?,14-,15?/m1111/s1/i21-1;20-1;19-1;18-1. The zero-order valence-electron chi connectivity index (χ0n) is 68.2. The number of unbranched alkanes of at least 4 members (excludes halogenated alkanes) is 1. The minimum atomic E-state index is -0.711. The first-order chi connectivity index (χ1) is 58.8. The van der Waals surface area contributed by atoms with Gasteiger partial charge < -0.3 is 59.8 Å². The van der Waals surface area contributed by atoms with Crippen molar-refractivity contribution < 1.29 is 77.4 Å². The lowest BCUT2D eigenvalue weighted by Crippen LogP contribution is -2.42. The highest BCUT2D eigenvalue weighted by Crippen LogP contribution is 2.43. The lowest BCUT2D eigenvalue weighted by molar-refractivity contribution is 0.108. The van der Waals surface area contributed by atoms with Gasteiger partial charge in [-0.3, -0.25) is 55.7 Å². The number of nitrogens with zero attached hydrogens (tertiary/aromatic N) is 20. The van der Waals surface area contributed by atoms with Crippen LogP contribution in [-0.2, 0) is 97.2 Å². The molecule has 8 aromatic rings. The van der Waals surface area contributed by atoms with Crippen LogP contribution >= 0.6 is 47.0 Å². The van der Waals surface area contributed by atoms with Crippen molar-refractivity contribution in [3.05, 3.63) is 178 Å². The second-order valence-corrected chi connectivity index (χ2v) is 34.8. The summed E-state index contributed by atoms with van der Waals surface area (Å²) in [6.07, 6.45) is 15.3. The van der Waals surface area contributed by atoms with E-state index in [0.717, 1.165) is 48.9 Å². The lowest BCUT2D eigenvalue weighted by atomic mass is 10.2. The molecule has 0 spiro atoms. The summed E-state index contributed by atoms with van der Waals surface area (Å²) >= 11 is 5.30. The summed E-state index contributed by atoms with van der Waals surface area (Å²) in [6, 6.07) is 0. The van der Waals surface area contributed by atoms with Gasteiger partial charge in [0.2, 0.25) is 0 Å². The summed E-state index contributed by atoms with van der Waals surface area (Å²) in [4.78, 5) is 101. The molecule has 8 aromatic heterocycles. The molecule has 4 fully saturated rings. The predicted molar refractivity (Wildman–Crippen MR) is 442 cm³/mol. The molecule has 0 saturated carbocycles. The fourth-order valence-electron chi connectivity index (χ4n) is 13.5. The maximum atomic E-state index is 12.9. The molecule has 8 unspecified atom stereocenters. The largest absolute Gasteiger partial charge is 0.395 e. The van der Waals surface area contributed by atoms with Gasteiger partial charge in [-0.2, -0.15) is 0 Å². The van der Waals surface area contributed by atoms with Gasteiger partial charge in [-0.15, -0.1) is 67.4 Å². The van der Waals surface area contributed by atoms with Crippen LogP contribution in [0.3, 0.4) is 0 Å². The molecule has 40 nitrogen and oxygen atoms in total. The second kappa shape index (κ2) is 49.0. The molecule has 4 aliphatic heterocycles. The molecule has 0 amide bonds. The number of halogens is 4. The zero-order valence-corrected chi connectivity index (χ0v) is 71.4. The topological polar surface area (TPSA) is 498 Å². The third kappa shape index (κ3) is 27.0. The second-order valence-electron chi connectivity index (χ2n) is 29.1. The SMILES string of the molecule is Cc1cn(C2CC(O)[C@@H](CO)S2)c(=O)n(CCOCCCCc2cn(CC[18F])nn2)c1=O.Cc1cn(C2CC(O)[C@@H](CO)S2)c(=O)n(CCOCCCc2cn(CC[18F])nn2)c1=O.Cc1cn(C2CC(O)[C@@H](CO)S2)c(=O)n(CCOCCc2cn(CC[18F])nn2)c1=O.Cc1cn(C2CC(O)[C@@H](CO)S2)c(=O)n(CCOCc2cn(CC[18F])nn2)c1=O. The highest BCUT2D eigenvalue weighted by Gasteiger charge is 2.39. The van der Waals surface area contributed by atoms with Crippen LogP contribution in [0.4, 0.5) is 17.6 Å². The third-order valence-corrected chi connectivity index (χ3v) is 26.3. The van der Waals surface area contributed by atoms with Crippen LogP contribution in [0.5, 0.6) is 0 Å². The molecule has 0 aromatic carbocycles. The highest BCUT2D eigenvalue weighted by molar-refractivity contribution is 8.01. The molecule has 8 N–H and O–H groups in total. The number of aromatic nitrogens is 20. The molecule has 12 rings (SSSR count). The van der Waals surface area contributed by atoms with Crippen LogP contribution < -0.4 is 45.0 Å². The molecule has 0 aliphatic carbocycles. The van der Waals surface area contributed by atoms with Crippen molar-refractivity contribution in [1.29, 1.82) is 0 Å². The van der Waals surface area contributed by atoms with Gasteiger partial charge >= 0.3 is 22.8 Å². The van der Waals surface area contributed by atoms with Crippen LogP contribution in [0.25, 0.3) is 0 Å². The van der Waals surface area contributed by atoms with Gasteiger partial charge in [0, 0.05) is 111 Å². The van der Waals surface area contributed by atoms with E-state index in [9.17, 15) is 96.8 Å². The molecule has 4 aliphatic rings. The van der Waals surface area contributed by atoms with E-state index in [-0.39, 0.29) is 171 Å². The van der Waals surface area contributed by atoms with Crippen molar-refractivity contribution in [3.8, 4) is 0 Å². The van der Waals surface area contributed by atoms with E-state index < -0.39 is 79.4 Å². The van der Waals surface area contributed by atoms with Crippen LogP contribution in [0.2, 0.25) is 0 Å². The maximum Gasteiger partial charge on any atom is 0.332 e. The van der Waals surface area contributed by atoms with Crippen LogP contribution in [0.1, 0.15) is 111 Å². The van der Waals surface area contributed by atoms with Gasteiger partial charge in [0.1, 0.15) is 32.4 Å². The Kier molecular flexibility index (Phi) is 39.2. The van der Waals surface area contributed by atoms with E-state index in [2.05, 4.69) is 41.2 Å². The molecule has 48 heteroatoms.